The SMILES string of the molecule is CO[Si](CCc1cccn1C)(OC)OC. The Bertz CT molecular complexity index is 288. The van der Waals surface area contributed by atoms with Crippen molar-refractivity contribution in [3.05, 3.63) is 24.0 Å². The molecule has 0 aliphatic rings. The van der Waals surface area contributed by atoms with E-state index < -0.39 is 8.80 Å². The first-order valence-corrected chi connectivity index (χ1v) is 6.86. The number of nitrogens with zero attached hydrogens (tertiary/aromatic N) is 1. The lowest BCUT2D eigenvalue weighted by Crippen LogP contribution is -2.43. The summed E-state index contributed by atoms with van der Waals surface area (Å²) in [6.07, 6.45) is 2.94. The molecule has 86 valence electrons. The number of hydrogen-bond acceptors (Lipinski definition) is 3. The van der Waals surface area contributed by atoms with Crippen LogP contribution in [0.3, 0.4) is 0 Å². The molecule has 15 heavy (non-hydrogen) atoms. The minimum Gasteiger partial charge on any atom is -0.377 e. The highest BCUT2D eigenvalue weighted by molar-refractivity contribution is 6.60. The van der Waals surface area contributed by atoms with Crippen molar-refractivity contribution in [3.63, 3.8) is 0 Å². The second-order valence-corrected chi connectivity index (χ2v) is 6.50. The third-order valence-electron chi connectivity index (χ3n) is 2.67. The van der Waals surface area contributed by atoms with E-state index in [-0.39, 0.29) is 0 Å². The summed E-state index contributed by atoms with van der Waals surface area (Å²) in [5.74, 6) is 0. The molecule has 1 aromatic heterocycles. The summed E-state index contributed by atoms with van der Waals surface area (Å²) in [6.45, 7) is 0. The van der Waals surface area contributed by atoms with Crippen LogP contribution < -0.4 is 0 Å². The molecule has 0 aromatic carbocycles. The standard InChI is InChI=1S/C10H19NO3Si/c1-11-8-5-6-10(11)7-9-15(12-2,13-3)14-4/h5-6,8H,7,9H2,1-4H3. The molecule has 0 aliphatic heterocycles. The molecule has 0 amide bonds. The Labute approximate surface area is 92.1 Å². The second-order valence-electron chi connectivity index (χ2n) is 3.41. The van der Waals surface area contributed by atoms with Gasteiger partial charge in [-0.05, 0) is 18.6 Å². The molecule has 0 atom stereocenters. The summed E-state index contributed by atoms with van der Waals surface area (Å²) in [6, 6.07) is 4.93. The maximum absolute atomic E-state index is 5.36. The smallest absolute Gasteiger partial charge is 0.377 e. The van der Waals surface area contributed by atoms with E-state index in [4.69, 9.17) is 13.3 Å². The average molecular weight is 229 g/mol. The van der Waals surface area contributed by atoms with Crippen LogP contribution in [0, 0.1) is 0 Å². The highest BCUT2D eigenvalue weighted by Gasteiger charge is 2.37. The molecule has 0 saturated carbocycles. The zero-order valence-electron chi connectivity index (χ0n) is 9.82. The van der Waals surface area contributed by atoms with Gasteiger partial charge in [-0.1, -0.05) is 0 Å². The molecule has 0 fully saturated rings. The van der Waals surface area contributed by atoms with Crippen LogP contribution in [0.4, 0.5) is 0 Å². The molecule has 4 nitrogen and oxygen atoms in total. The Morgan fingerprint density at radius 2 is 1.80 bits per heavy atom. The second kappa shape index (κ2) is 5.46. The van der Waals surface area contributed by atoms with Crippen molar-refractivity contribution in [1.82, 2.24) is 4.57 Å². The Morgan fingerprint density at radius 1 is 1.20 bits per heavy atom. The third kappa shape index (κ3) is 2.91. The van der Waals surface area contributed by atoms with Crippen molar-refractivity contribution in [3.8, 4) is 0 Å². The molecule has 0 radical (unpaired) electrons. The van der Waals surface area contributed by atoms with Crippen molar-refractivity contribution in [2.45, 2.75) is 12.5 Å². The van der Waals surface area contributed by atoms with Gasteiger partial charge in [-0.15, -0.1) is 0 Å². The number of aromatic nitrogens is 1. The lowest BCUT2D eigenvalue weighted by Gasteiger charge is -2.24. The highest BCUT2D eigenvalue weighted by Crippen LogP contribution is 2.16. The summed E-state index contributed by atoms with van der Waals surface area (Å²) in [5, 5.41) is 0. The molecular formula is C10H19NO3Si. The van der Waals surface area contributed by atoms with Gasteiger partial charge in [-0.3, -0.25) is 0 Å². The molecule has 0 N–H and O–H groups in total. The predicted octanol–water partition coefficient (Wildman–Crippen LogP) is 1.45. The summed E-state index contributed by atoms with van der Waals surface area (Å²) in [5.41, 5.74) is 1.26. The topological polar surface area (TPSA) is 32.6 Å². The van der Waals surface area contributed by atoms with Crippen molar-refractivity contribution in [1.29, 1.82) is 0 Å². The van der Waals surface area contributed by atoms with Gasteiger partial charge in [0.25, 0.3) is 0 Å². The van der Waals surface area contributed by atoms with E-state index in [1.807, 2.05) is 19.3 Å². The molecule has 0 bridgehead atoms. The number of aryl methyl sites for hydroxylation is 2. The van der Waals surface area contributed by atoms with Crippen molar-refractivity contribution in [2.75, 3.05) is 21.3 Å². The molecule has 1 heterocycles. The molecule has 0 unspecified atom stereocenters. The van der Waals surface area contributed by atoms with Crippen LogP contribution in [0.15, 0.2) is 18.3 Å². The van der Waals surface area contributed by atoms with Gasteiger partial charge >= 0.3 is 8.80 Å². The largest absolute Gasteiger partial charge is 0.500 e. The molecule has 1 aromatic rings. The summed E-state index contributed by atoms with van der Waals surface area (Å²) < 4.78 is 18.2. The molecule has 1 rings (SSSR count). The van der Waals surface area contributed by atoms with Gasteiger partial charge in [0.2, 0.25) is 0 Å². The van der Waals surface area contributed by atoms with Gasteiger partial charge < -0.3 is 17.8 Å². The van der Waals surface area contributed by atoms with E-state index in [0.29, 0.717) is 0 Å². The van der Waals surface area contributed by atoms with Gasteiger partial charge in [0.05, 0.1) is 0 Å². The molecule has 0 spiro atoms. The lowest BCUT2D eigenvalue weighted by molar-refractivity contribution is 0.123. The van der Waals surface area contributed by atoms with Crippen LogP contribution in [0.5, 0.6) is 0 Å². The summed E-state index contributed by atoms with van der Waals surface area (Å²) >= 11 is 0. The van der Waals surface area contributed by atoms with Crippen LogP contribution >= 0.6 is 0 Å². The van der Waals surface area contributed by atoms with E-state index in [9.17, 15) is 0 Å². The minimum absolute atomic E-state index is 0.800. The normalized spacial score (nSPS) is 12.0. The van der Waals surface area contributed by atoms with Gasteiger partial charge in [0, 0.05) is 46.3 Å². The van der Waals surface area contributed by atoms with E-state index in [0.717, 1.165) is 12.5 Å². The lowest BCUT2D eigenvalue weighted by atomic mass is 10.3. The van der Waals surface area contributed by atoms with Gasteiger partial charge in [-0.2, -0.15) is 0 Å². The van der Waals surface area contributed by atoms with Crippen LogP contribution in [0.1, 0.15) is 5.69 Å². The predicted molar refractivity (Wildman–Crippen MR) is 60.7 cm³/mol. The fraction of sp³-hybridized carbons (Fsp3) is 0.600. The van der Waals surface area contributed by atoms with Crippen molar-refractivity contribution >= 4 is 8.80 Å². The van der Waals surface area contributed by atoms with Gasteiger partial charge in [-0.25, -0.2) is 0 Å². The zero-order chi connectivity index (χ0) is 11.3. The number of hydrogen-bond donors (Lipinski definition) is 0. The monoisotopic (exact) mass is 229 g/mol. The Balaban J connectivity index is 2.58. The first-order chi connectivity index (χ1) is 7.17. The summed E-state index contributed by atoms with van der Waals surface area (Å²) in [7, 11) is 4.55. The van der Waals surface area contributed by atoms with Crippen molar-refractivity contribution in [2.24, 2.45) is 7.05 Å². The third-order valence-corrected chi connectivity index (χ3v) is 5.40. The summed E-state index contributed by atoms with van der Waals surface area (Å²) in [4.78, 5) is 0. The fourth-order valence-electron chi connectivity index (χ4n) is 1.59. The Kier molecular flexibility index (Phi) is 4.53. The fourth-order valence-corrected chi connectivity index (χ4v) is 3.27. The first kappa shape index (κ1) is 12.4. The van der Waals surface area contributed by atoms with Gasteiger partial charge in [0.1, 0.15) is 0 Å². The van der Waals surface area contributed by atoms with Crippen LogP contribution in [-0.2, 0) is 26.7 Å². The maximum atomic E-state index is 5.36. The van der Waals surface area contributed by atoms with E-state index in [1.54, 1.807) is 21.3 Å². The number of rotatable bonds is 6. The van der Waals surface area contributed by atoms with Crippen molar-refractivity contribution < 1.29 is 13.3 Å². The van der Waals surface area contributed by atoms with Crippen LogP contribution in [-0.4, -0.2) is 34.7 Å². The van der Waals surface area contributed by atoms with Gasteiger partial charge in [0.15, 0.2) is 0 Å². The Hall–Kier alpha value is -0.623. The van der Waals surface area contributed by atoms with E-state index >= 15 is 0 Å². The first-order valence-electron chi connectivity index (χ1n) is 4.93. The molecule has 0 saturated heterocycles. The molecule has 0 aliphatic carbocycles. The maximum Gasteiger partial charge on any atom is 0.500 e. The van der Waals surface area contributed by atoms with Crippen LogP contribution in [0.25, 0.3) is 0 Å². The van der Waals surface area contributed by atoms with Crippen LogP contribution in [0.2, 0.25) is 6.04 Å². The zero-order valence-corrected chi connectivity index (χ0v) is 10.8. The minimum atomic E-state index is -2.41. The quantitative estimate of drug-likeness (QED) is 0.692. The average Bonchev–Trinajstić information content (AvgIpc) is 2.67. The van der Waals surface area contributed by atoms with E-state index in [2.05, 4.69) is 10.6 Å². The molecule has 5 heteroatoms. The Morgan fingerprint density at radius 3 is 2.20 bits per heavy atom. The highest BCUT2D eigenvalue weighted by atomic mass is 28.4. The van der Waals surface area contributed by atoms with E-state index in [1.165, 1.54) is 5.69 Å². The molecular weight excluding hydrogens is 210 g/mol.